The van der Waals surface area contributed by atoms with E-state index in [-0.39, 0.29) is 17.9 Å². The summed E-state index contributed by atoms with van der Waals surface area (Å²) in [7, 11) is 1.86. The molecule has 9 nitrogen and oxygen atoms in total. The van der Waals surface area contributed by atoms with E-state index in [0.717, 1.165) is 23.5 Å². The Kier molecular flexibility index (Phi) is 6.17. The number of nitrogens with zero attached hydrogens (tertiary/aromatic N) is 5. The Morgan fingerprint density at radius 2 is 1.97 bits per heavy atom. The van der Waals surface area contributed by atoms with Gasteiger partial charge in [-0.1, -0.05) is 6.58 Å². The Morgan fingerprint density at radius 1 is 1.26 bits per heavy atom. The minimum atomic E-state index is -4.51. The predicted molar refractivity (Wildman–Crippen MR) is 122 cm³/mol. The fourth-order valence-corrected chi connectivity index (χ4v) is 4.00. The fourth-order valence-electron chi connectivity index (χ4n) is 4.00. The first-order valence-electron chi connectivity index (χ1n) is 10.5. The van der Waals surface area contributed by atoms with Crippen molar-refractivity contribution in [3.05, 3.63) is 48.3 Å². The van der Waals surface area contributed by atoms with Crippen LogP contribution in [0.3, 0.4) is 0 Å². The van der Waals surface area contributed by atoms with Crippen LogP contribution in [0.2, 0.25) is 0 Å². The van der Waals surface area contributed by atoms with Gasteiger partial charge in [0.1, 0.15) is 0 Å². The summed E-state index contributed by atoms with van der Waals surface area (Å²) in [5.41, 5.74) is 2.06. The molecule has 180 valence electrons. The maximum Gasteiger partial charge on any atom is 0.419 e. The summed E-state index contributed by atoms with van der Waals surface area (Å²) in [6, 6.07) is 3.38. The van der Waals surface area contributed by atoms with Crippen LogP contribution in [0.25, 0.3) is 11.0 Å². The molecular weight excluding hydrogens is 451 g/mol. The van der Waals surface area contributed by atoms with Crippen LogP contribution in [-0.4, -0.2) is 55.8 Å². The van der Waals surface area contributed by atoms with E-state index in [2.05, 4.69) is 27.2 Å². The third-order valence-electron chi connectivity index (χ3n) is 5.67. The van der Waals surface area contributed by atoms with E-state index in [4.69, 9.17) is 4.98 Å². The number of alkyl halides is 3. The van der Waals surface area contributed by atoms with Crippen molar-refractivity contribution in [1.29, 1.82) is 0 Å². The quantitative estimate of drug-likeness (QED) is 0.487. The number of β-amino-alcohol motifs (C(OH)–C–C–N with tert-alkyl or cyclic N) is 1. The average Bonchev–Trinajstić information content (AvgIpc) is 3.08. The molecule has 34 heavy (non-hydrogen) atoms. The topological polar surface area (TPSA) is 108 Å². The van der Waals surface area contributed by atoms with Gasteiger partial charge in [-0.25, -0.2) is 15.0 Å². The van der Waals surface area contributed by atoms with Crippen molar-refractivity contribution in [2.24, 2.45) is 7.05 Å². The molecule has 0 unspecified atom stereocenters. The summed E-state index contributed by atoms with van der Waals surface area (Å²) < 4.78 is 40.1. The number of carbonyl (C=O) groups excluding carboxylic acids is 1. The molecule has 1 aliphatic rings. The lowest BCUT2D eigenvalue weighted by Crippen LogP contribution is -2.49. The third-order valence-corrected chi connectivity index (χ3v) is 5.67. The molecule has 1 saturated heterocycles. The van der Waals surface area contributed by atoms with Gasteiger partial charge < -0.3 is 25.2 Å². The number of aryl methyl sites for hydroxylation is 2. The monoisotopic (exact) mass is 475 g/mol. The number of fused-ring (bicyclic) bond motifs is 1. The largest absolute Gasteiger partial charge is 0.419 e. The fraction of sp³-hybridized carbons (Fsp3) is 0.364. The summed E-state index contributed by atoms with van der Waals surface area (Å²) in [4.78, 5) is 25.8. The molecule has 1 aromatic carbocycles. The average molecular weight is 475 g/mol. The van der Waals surface area contributed by atoms with Gasteiger partial charge in [0.25, 0.3) is 0 Å². The Bertz CT molecular complexity index is 1220. The Balaban J connectivity index is 1.56. The molecule has 2 atom stereocenters. The van der Waals surface area contributed by atoms with Crippen LogP contribution >= 0.6 is 0 Å². The van der Waals surface area contributed by atoms with Gasteiger partial charge in [-0.15, -0.1) is 0 Å². The highest BCUT2D eigenvalue weighted by atomic mass is 19.4. The molecule has 12 heteroatoms. The maximum atomic E-state index is 12.7. The highest BCUT2D eigenvalue weighted by molar-refractivity contribution is 6.00. The number of rotatable bonds is 5. The zero-order chi connectivity index (χ0) is 24.6. The highest BCUT2D eigenvalue weighted by Gasteiger charge is 2.32. The van der Waals surface area contributed by atoms with Gasteiger partial charge >= 0.3 is 6.18 Å². The standard InChI is InChI=1S/C22H24F3N7O2/c1-4-19(34)29-16-7-17-18(5-12(16)2)31(3)21(30-17)32-10-14(6-15(33)11-32)28-20-26-8-13(9-27-20)22(23,24)25/h4-5,7-9,14-15,33H,1,6,10-11H2,2-3H3,(H,29,34)(H,26,27,28)/t14-,15-/m1/s1. The van der Waals surface area contributed by atoms with Gasteiger partial charge in [-0.05, 0) is 37.1 Å². The first-order valence-corrected chi connectivity index (χ1v) is 10.5. The van der Waals surface area contributed by atoms with Crippen molar-refractivity contribution in [3.63, 3.8) is 0 Å². The minimum Gasteiger partial charge on any atom is -0.391 e. The van der Waals surface area contributed by atoms with Crippen molar-refractivity contribution < 1.29 is 23.1 Å². The molecule has 0 aliphatic carbocycles. The molecule has 3 heterocycles. The smallest absolute Gasteiger partial charge is 0.391 e. The number of carbonyl (C=O) groups is 1. The van der Waals surface area contributed by atoms with E-state index in [1.165, 1.54) is 6.08 Å². The van der Waals surface area contributed by atoms with Crippen LogP contribution in [0.4, 0.5) is 30.8 Å². The lowest BCUT2D eigenvalue weighted by atomic mass is 10.0. The van der Waals surface area contributed by atoms with Gasteiger partial charge in [0.2, 0.25) is 17.8 Å². The molecule has 0 radical (unpaired) electrons. The minimum absolute atomic E-state index is 0.0512. The molecule has 3 N–H and O–H groups in total. The number of anilines is 3. The van der Waals surface area contributed by atoms with Gasteiger partial charge in [0, 0.05) is 44.3 Å². The summed E-state index contributed by atoms with van der Waals surface area (Å²) in [5, 5.41) is 16.2. The van der Waals surface area contributed by atoms with Crippen LogP contribution in [-0.2, 0) is 18.0 Å². The summed E-state index contributed by atoms with van der Waals surface area (Å²) >= 11 is 0. The van der Waals surface area contributed by atoms with Crippen molar-refractivity contribution in [2.45, 2.75) is 31.7 Å². The molecule has 0 bridgehead atoms. The Hall–Kier alpha value is -3.67. The molecule has 0 saturated carbocycles. The van der Waals surface area contributed by atoms with Crippen LogP contribution in [0.5, 0.6) is 0 Å². The summed E-state index contributed by atoms with van der Waals surface area (Å²) in [6.45, 7) is 6.10. The van der Waals surface area contributed by atoms with Crippen LogP contribution in [0.1, 0.15) is 17.5 Å². The second-order valence-corrected chi connectivity index (χ2v) is 8.25. The third kappa shape index (κ3) is 4.81. The number of aliphatic hydroxyl groups is 1. The molecule has 1 amide bonds. The normalized spacial score (nSPS) is 18.7. The number of imidazole rings is 1. The molecule has 4 rings (SSSR count). The first kappa shape index (κ1) is 23.5. The number of aromatic nitrogens is 4. The zero-order valence-corrected chi connectivity index (χ0v) is 18.6. The lowest BCUT2D eigenvalue weighted by molar-refractivity contribution is -0.138. The molecule has 0 spiro atoms. The lowest BCUT2D eigenvalue weighted by Gasteiger charge is -2.36. The molecule has 3 aromatic rings. The van der Waals surface area contributed by atoms with Crippen molar-refractivity contribution >= 4 is 34.5 Å². The van der Waals surface area contributed by atoms with E-state index >= 15 is 0 Å². The van der Waals surface area contributed by atoms with Crippen LogP contribution in [0, 0.1) is 6.92 Å². The number of halogens is 3. The maximum absolute atomic E-state index is 12.7. The molecule has 2 aromatic heterocycles. The number of hydrogen-bond acceptors (Lipinski definition) is 7. The summed E-state index contributed by atoms with van der Waals surface area (Å²) in [5.74, 6) is 0.341. The van der Waals surface area contributed by atoms with Crippen molar-refractivity contribution in [3.8, 4) is 0 Å². The number of amides is 1. The number of piperidine rings is 1. The molecule has 1 aliphatic heterocycles. The highest BCUT2D eigenvalue weighted by Crippen LogP contribution is 2.30. The molecule has 1 fully saturated rings. The predicted octanol–water partition coefficient (Wildman–Crippen LogP) is 2.87. The first-order chi connectivity index (χ1) is 16.0. The summed E-state index contributed by atoms with van der Waals surface area (Å²) in [6.07, 6.45) is -2.18. The van der Waals surface area contributed by atoms with Gasteiger partial charge in [0.05, 0.1) is 22.7 Å². The Labute approximate surface area is 193 Å². The second-order valence-electron chi connectivity index (χ2n) is 8.25. The van der Waals surface area contributed by atoms with E-state index in [9.17, 15) is 23.1 Å². The number of benzene rings is 1. The van der Waals surface area contributed by atoms with E-state index in [0.29, 0.717) is 36.7 Å². The number of aliphatic hydroxyl groups excluding tert-OH is 1. The van der Waals surface area contributed by atoms with E-state index in [1.807, 2.05) is 29.5 Å². The van der Waals surface area contributed by atoms with Crippen molar-refractivity contribution in [1.82, 2.24) is 19.5 Å². The van der Waals surface area contributed by atoms with Crippen molar-refractivity contribution in [2.75, 3.05) is 28.6 Å². The zero-order valence-electron chi connectivity index (χ0n) is 18.6. The van der Waals surface area contributed by atoms with Crippen LogP contribution in [0.15, 0.2) is 37.2 Å². The number of hydrogen-bond donors (Lipinski definition) is 3. The van der Waals surface area contributed by atoms with Gasteiger partial charge in [-0.3, -0.25) is 4.79 Å². The van der Waals surface area contributed by atoms with Gasteiger partial charge in [0.15, 0.2) is 0 Å². The van der Waals surface area contributed by atoms with Crippen LogP contribution < -0.4 is 15.5 Å². The number of nitrogens with one attached hydrogen (secondary N) is 2. The Morgan fingerprint density at radius 3 is 2.62 bits per heavy atom. The SMILES string of the molecule is C=CC(=O)Nc1cc2nc(N3C[C@H](O)C[C@@H](Nc4ncc(C(F)(F)F)cn4)C3)n(C)c2cc1C. The molecular formula is C22H24F3N7O2. The van der Waals surface area contributed by atoms with Gasteiger partial charge in [-0.2, -0.15) is 13.2 Å². The van der Waals surface area contributed by atoms with E-state index < -0.39 is 17.8 Å². The van der Waals surface area contributed by atoms with E-state index in [1.54, 1.807) is 6.07 Å². The second kappa shape index (κ2) is 8.93.